The molecular weight excluding hydrogens is 264 g/mol. The summed E-state index contributed by atoms with van der Waals surface area (Å²) in [7, 11) is 0. The highest BCUT2D eigenvalue weighted by Gasteiger charge is 2.13. The molecular formula is C12H20N4O2S. The van der Waals surface area contributed by atoms with E-state index >= 15 is 0 Å². The molecule has 6 nitrogen and oxygen atoms in total. The van der Waals surface area contributed by atoms with E-state index in [0.29, 0.717) is 10.9 Å². The van der Waals surface area contributed by atoms with Crippen molar-refractivity contribution >= 4 is 17.7 Å². The number of aromatic nitrogens is 3. The number of amides is 1. The fourth-order valence-corrected chi connectivity index (χ4v) is 2.27. The molecule has 0 aromatic carbocycles. The lowest BCUT2D eigenvalue weighted by molar-refractivity contribution is -0.128. The van der Waals surface area contributed by atoms with Gasteiger partial charge in [-0.2, -0.15) is 0 Å². The second-order valence-electron chi connectivity index (χ2n) is 4.21. The van der Waals surface area contributed by atoms with Gasteiger partial charge in [0.15, 0.2) is 5.16 Å². The average molecular weight is 284 g/mol. The van der Waals surface area contributed by atoms with Crippen molar-refractivity contribution in [2.24, 2.45) is 0 Å². The highest BCUT2D eigenvalue weighted by atomic mass is 32.2. The van der Waals surface area contributed by atoms with Gasteiger partial charge in [-0.05, 0) is 19.8 Å². The predicted molar refractivity (Wildman–Crippen MR) is 75.3 cm³/mol. The first-order valence-corrected chi connectivity index (χ1v) is 7.41. The molecule has 1 amide bonds. The Bertz CT molecular complexity index is 469. The van der Waals surface area contributed by atoms with Crippen molar-refractivity contribution in [2.45, 2.75) is 38.8 Å². The Morgan fingerprint density at radius 2 is 1.89 bits per heavy atom. The third-order valence-electron chi connectivity index (χ3n) is 2.51. The van der Waals surface area contributed by atoms with Crippen molar-refractivity contribution in [1.29, 1.82) is 0 Å². The van der Waals surface area contributed by atoms with Gasteiger partial charge >= 0.3 is 0 Å². The van der Waals surface area contributed by atoms with Gasteiger partial charge in [0.2, 0.25) is 5.91 Å². The molecule has 0 aliphatic carbocycles. The molecule has 7 heteroatoms. The summed E-state index contributed by atoms with van der Waals surface area (Å²) in [6.07, 6.45) is 1.88. The van der Waals surface area contributed by atoms with Gasteiger partial charge in [-0.3, -0.25) is 14.6 Å². The van der Waals surface area contributed by atoms with Gasteiger partial charge in [-0.1, -0.05) is 25.6 Å². The van der Waals surface area contributed by atoms with Gasteiger partial charge < -0.3 is 4.90 Å². The summed E-state index contributed by atoms with van der Waals surface area (Å²) < 4.78 is 0. The smallest absolute Gasteiger partial charge is 0.273 e. The standard InChI is InChI=1S/C12H20N4O2S/c1-4-6-16(7-5-2)10(17)8-19-12-13-11(18)9(3)14-15-12/h4-8H2,1-3H3,(H,13,15,18). The number of aryl methyl sites for hydroxylation is 1. The minimum Gasteiger partial charge on any atom is -0.342 e. The zero-order chi connectivity index (χ0) is 14.3. The summed E-state index contributed by atoms with van der Waals surface area (Å²) in [6.45, 7) is 7.22. The van der Waals surface area contributed by atoms with Crippen LogP contribution in [0.5, 0.6) is 0 Å². The van der Waals surface area contributed by atoms with E-state index in [1.807, 2.05) is 18.7 Å². The second kappa shape index (κ2) is 7.93. The van der Waals surface area contributed by atoms with Crippen LogP contribution >= 0.6 is 11.8 Å². The summed E-state index contributed by atoms with van der Waals surface area (Å²) in [5, 5.41) is 7.97. The number of hydrogen-bond acceptors (Lipinski definition) is 5. The summed E-state index contributed by atoms with van der Waals surface area (Å²) >= 11 is 1.21. The Labute approximate surface area is 117 Å². The van der Waals surface area contributed by atoms with Crippen molar-refractivity contribution in [3.63, 3.8) is 0 Å². The number of rotatable bonds is 7. The molecule has 0 saturated heterocycles. The van der Waals surface area contributed by atoms with E-state index in [4.69, 9.17) is 0 Å². The normalized spacial score (nSPS) is 10.5. The van der Waals surface area contributed by atoms with Crippen molar-refractivity contribution in [2.75, 3.05) is 18.8 Å². The molecule has 1 N–H and O–H groups in total. The first kappa shape index (κ1) is 15.7. The van der Waals surface area contributed by atoms with Crippen molar-refractivity contribution in [3.8, 4) is 0 Å². The quantitative estimate of drug-likeness (QED) is 0.761. The Kier molecular flexibility index (Phi) is 6.55. The number of nitrogens with zero attached hydrogens (tertiary/aromatic N) is 3. The number of carbonyl (C=O) groups excluding carboxylic acids is 1. The van der Waals surface area contributed by atoms with Crippen LogP contribution in [0.3, 0.4) is 0 Å². The Morgan fingerprint density at radius 3 is 2.42 bits per heavy atom. The SMILES string of the molecule is CCCN(CCC)C(=O)CSc1nnc(C)c(=O)[nH]1. The average Bonchev–Trinajstić information content (AvgIpc) is 2.39. The molecule has 0 radical (unpaired) electrons. The number of nitrogens with one attached hydrogen (secondary N) is 1. The van der Waals surface area contributed by atoms with E-state index in [9.17, 15) is 9.59 Å². The summed E-state index contributed by atoms with van der Waals surface area (Å²) in [5.74, 6) is 0.338. The highest BCUT2D eigenvalue weighted by Crippen LogP contribution is 2.11. The maximum Gasteiger partial charge on any atom is 0.273 e. The van der Waals surface area contributed by atoms with Crippen molar-refractivity contribution in [1.82, 2.24) is 20.1 Å². The van der Waals surface area contributed by atoms with Gasteiger partial charge in [0.05, 0.1) is 5.75 Å². The molecule has 106 valence electrons. The third-order valence-corrected chi connectivity index (χ3v) is 3.36. The van der Waals surface area contributed by atoms with Crippen LogP contribution in [0.1, 0.15) is 32.4 Å². The van der Waals surface area contributed by atoms with E-state index < -0.39 is 0 Å². The van der Waals surface area contributed by atoms with Gasteiger partial charge in [-0.15, -0.1) is 10.2 Å². The molecule has 1 heterocycles. The number of H-pyrrole nitrogens is 1. The zero-order valence-electron chi connectivity index (χ0n) is 11.6. The van der Waals surface area contributed by atoms with E-state index in [2.05, 4.69) is 15.2 Å². The van der Waals surface area contributed by atoms with Crippen LogP contribution in [0.25, 0.3) is 0 Å². The molecule has 1 rings (SSSR count). The van der Waals surface area contributed by atoms with Crippen LogP contribution in [-0.2, 0) is 4.79 Å². The molecule has 0 aliphatic rings. The first-order valence-electron chi connectivity index (χ1n) is 6.42. The number of aromatic amines is 1. The predicted octanol–water partition coefficient (Wildman–Crippen LogP) is 1.21. The number of hydrogen-bond donors (Lipinski definition) is 1. The number of thioether (sulfide) groups is 1. The fraction of sp³-hybridized carbons (Fsp3) is 0.667. The fourth-order valence-electron chi connectivity index (χ4n) is 1.57. The molecule has 0 fully saturated rings. The lowest BCUT2D eigenvalue weighted by Gasteiger charge is -2.20. The summed E-state index contributed by atoms with van der Waals surface area (Å²) in [5.41, 5.74) is 0.0678. The second-order valence-corrected chi connectivity index (χ2v) is 5.18. The van der Waals surface area contributed by atoms with E-state index in [1.165, 1.54) is 11.8 Å². The van der Waals surface area contributed by atoms with Crippen LogP contribution in [0.15, 0.2) is 9.95 Å². The van der Waals surface area contributed by atoms with E-state index in [0.717, 1.165) is 25.9 Å². The molecule has 0 unspecified atom stereocenters. The molecule has 19 heavy (non-hydrogen) atoms. The van der Waals surface area contributed by atoms with E-state index in [1.54, 1.807) is 6.92 Å². The minimum atomic E-state index is -0.260. The van der Waals surface area contributed by atoms with Gasteiger partial charge in [0, 0.05) is 13.1 Å². The zero-order valence-corrected chi connectivity index (χ0v) is 12.4. The molecule has 1 aromatic heterocycles. The number of carbonyl (C=O) groups is 1. The molecule has 0 aliphatic heterocycles. The molecule has 0 atom stereocenters. The Hall–Kier alpha value is -1.37. The van der Waals surface area contributed by atoms with Crippen LogP contribution in [0, 0.1) is 6.92 Å². The van der Waals surface area contributed by atoms with Crippen molar-refractivity contribution < 1.29 is 4.79 Å². The Morgan fingerprint density at radius 1 is 1.26 bits per heavy atom. The van der Waals surface area contributed by atoms with Crippen LogP contribution < -0.4 is 5.56 Å². The molecule has 1 aromatic rings. The minimum absolute atomic E-state index is 0.0666. The van der Waals surface area contributed by atoms with E-state index in [-0.39, 0.29) is 17.2 Å². The first-order chi connectivity index (χ1) is 9.08. The van der Waals surface area contributed by atoms with Gasteiger partial charge in [-0.25, -0.2) is 0 Å². The highest BCUT2D eigenvalue weighted by molar-refractivity contribution is 7.99. The maximum atomic E-state index is 12.0. The molecule has 0 saturated carbocycles. The third kappa shape index (κ3) is 5.02. The topological polar surface area (TPSA) is 79.0 Å². The van der Waals surface area contributed by atoms with Gasteiger partial charge in [0.25, 0.3) is 5.56 Å². The van der Waals surface area contributed by atoms with Gasteiger partial charge in [0.1, 0.15) is 5.69 Å². The van der Waals surface area contributed by atoms with Crippen LogP contribution in [0.2, 0.25) is 0 Å². The van der Waals surface area contributed by atoms with Crippen LogP contribution in [0.4, 0.5) is 0 Å². The maximum absolute atomic E-state index is 12.0. The van der Waals surface area contributed by atoms with Crippen molar-refractivity contribution in [3.05, 3.63) is 16.0 Å². The Balaban J connectivity index is 2.56. The molecule has 0 bridgehead atoms. The summed E-state index contributed by atoms with van der Waals surface area (Å²) in [6, 6.07) is 0. The monoisotopic (exact) mass is 284 g/mol. The lowest BCUT2D eigenvalue weighted by Crippen LogP contribution is -2.33. The summed E-state index contributed by atoms with van der Waals surface area (Å²) in [4.78, 5) is 27.8. The lowest BCUT2D eigenvalue weighted by atomic mass is 10.3. The largest absolute Gasteiger partial charge is 0.342 e. The molecule has 0 spiro atoms. The van der Waals surface area contributed by atoms with Crippen LogP contribution in [-0.4, -0.2) is 44.8 Å².